The van der Waals surface area contributed by atoms with Crippen LogP contribution in [0.4, 0.5) is 4.79 Å². The zero-order valence-electron chi connectivity index (χ0n) is 13.9. The van der Waals surface area contributed by atoms with Crippen LogP contribution in [0.15, 0.2) is 36.5 Å². The third kappa shape index (κ3) is 3.37. The molecule has 1 aliphatic rings. The van der Waals surface area contributed by atoms with Crippen LogP contribution in [-0.2, 0) is 9.53 Å². The van der Waals surface area contributed by atoms with Gasteiger partial charge in [0, 0.05) is 25.0 Å². The van der Waals surface area contributed by atoms with E-state index >= 15 is 0 Å². The Morgan fingerprint density at radius 2 is 1.96 bits per heavy atom. The van der Waals surface area contributed by atoms with Crippen LogP contribution in [0.2, 0.25) is 0 Å². The lowest BCUT2D eigenvalue weighted by atomic mass is 10.2. The fourth-order valence-corrected chi connectivity index (χ4v) is 2.56. The summed E-state index contributed by atoms with van der Waals surface area (Å²) in [5.41, 5.74) is 2.11. The molecule has 1 aromatic heterocycles. The number of benzene rings is 1. The molecule has 130 valence electrons. The minimum absolute atomic E-state index is 0.275. The van der Waals surface area contributed by atoms with Crippen LogP contribution in [0.25, 0.3) is 5.69 Å². The largest absolute Gasteiger partial charge is 0.449 e. The highest BCUT2D eigenvalue weighted by Gasteiger charge is 2.31. The summed E-state index contributed by atoms with van der Waals surface area (Å²) < 4.78 is 6.92. The Labute approximate surface area is 144 Å². The number of carbonyl (C=O) groups is 3. The van der Waals surface area contributed by atoms with Crippen LogP contribution in [0.1, 0.15) is 23.0 Å². The molecule has 0 saturated carbocycles. The number of nitrogens with zero attached hydrogens (tertiary/aromatic N) is 3. The van der Waals surface area contributed by atoms with Gasteiger partial charge in [-0.15, -0.1) is 0 Å². The second-order valence-electron chi connectivity index (χ2n) is 5.70. The molecule has 8 heteroatoms. The van der Waals surface area contributed by atoms with E-state index in [1.807, 2.05) is 13.0 Å². The first-order valence-electron chi connectivity index (χ1n) is 7.88. The van der Waals surface area contributed by atoms with Gasteiger partial charge in [0.05, 0.1) is 11.3 Å². The van der Waals surface area contributed by atoms with Gasteiger partial charge >= 0.3 is 12.0 Å². The molecule has 0 bridgehead atoms. The Balaban J connectivity index is 1.66. The van der Waals surface area contributed by atoms with Gasteiger partial charge < -0.3 is 10.1 Å². The third-order valence-corrected chi connectivity index (χ3v) is 3.93. The molecular weight excluding hydrogens is 324 g/mol. The molecule has 3 amide bonds. The van der Waals surface area contributed by atoms with E-state index in [4.69, 9.17) is 4.74 Å². The molecule has 8 nitrogen and oxygen atoms in total. The van der Waals surface area contributed by atoms with Crippen molar-refractivity contribution in [2.45, 2.75) is 20.0 Å². The minimum Gasteiger partial charge on any atom is -0.449 e. The normalized spacial score (nSPS) is 15.0. The molecule has 0 spiro atoms. The van der Waals surface area contributed by atoms with Crippen LogP contribution in [-0.4, -0.2) is 51.8 Å². The summed E-state index contributed by atoms with van der Waals surface area (Å²) in [4.78, 5) is 36.9. The smallest absolute Gasteiger partial charge is 0.338 e. The highest BCUT2D eigenvalue weighted by atomic mass is 16.5. The van der Waals surface area contributed by atoms with E-state index in [1.165, 1.54) is 6.92 Å². The molecule has 0 aliphatic carbocycles. The maximum Gasteiger partial charge on any atom is 0.338 e. The Morgan fingerprint density at radius 1 is 1.24 bits per heavy atom. The van der Waals surface area contributed by atoms with Crippen LogP contribution in [0.3, 0.4) is 0 Å². The molecule has 1 unspecified atom stereocenters. The number of nitrogens with one attached hydrogen (secondary N) is 1. The number of carbonyl (C=O) groups excluding carboxylic acids is 3. The molecule has 1 aliphatic heterocycles. The van der Waals surface area contributed by atoms with Crippen molar-refractivity contribution in [2.24, 2.45) is 0 Å². The van der Waals surface area contributed by atoms with Crippen molar-refractivity contribution in [3.8, 4) is 5.69 Å². The van der Waals surface area contributed by atoms with E-state index in [0.29, 0.717) is 12.1 Å². The predicted octanol–water partition coefficient (Wildman–Crippen LogP) is 1.28. The van der Waals surface area contributed by atoms with E-state index < -0.39 is 24.0 Å². The number of ether oxygens (including phenoxy) is 1. The lowest BCUT2D eigenvalue weighted by molar-refractivity contribution is -0.136. The molecule has 1 N–H and O–H groups in total. The molecule has 25 heavy (non-hydrogen) atoms. The topological polar surface area (TPSA) is 93.5 Å². The first-order valence-corrected chi connectivity index (χ1v) is 7.88. The first-order chi connectivity index (χ1) is 12.0. The molecule has 1 aromatic carbocycles. The zero-order chi connectivity index (χ0) is 18.0. The van der Waals surface area contributed by atoms with Gasteiger partial charge in [0.2, 0.25) is 0 Å². The molecule has 2 aromatic rings. The number of hydrogen-bond donors (Lipinski definition) is 1. The number of aryl methyl sites for hydroxylation is 1. The van der Waals surface area contributed by atoms with E-state index in [-0.39, 0.29) is 6.54 Å². The lowest BCUT2D eigenvalue weighted by Crippen LogP contribution is -2.41. The van der Waals surface area contributed by atoms with Crippen LogP contribution < -0.4 is 5.32 Å². The van der Waals surface area contributed by atoms with Crippen molar-refractivity contribution in [3.63, 3.8) is 0 Å². The average molecular weight is 342 g/mol. The monoisotopic (exact) mass is 342 g/mol. The number of urea groups is 1. The number of hydrogen-bond acceptors (Lipinski definition) is 5. The quantitative estimate of drug-likeness (QED) is 0.845. The number of imide groups is 1. The van der Waals surface area contributed by atoms with Crippen molar-refractivity contribution in [2.75, 3.05) is 13.1 Å². The van der Waals surface area contributed by atoms with E-state index in [2.05, 4.69) is 10.4 Å². The van der Waals surface area contributed by atoms with Crippen molar-refractivity contribution in [1.82, 2.24) is 20.0 Å². The fraction of sp³-hybridized carbons (Fsp3) is 0.294. The van der Waals surface area contributed by atoms with Crippen molar-refractivity contribution in [1.29, 1.82) is 0 Å². The van der Waals surface area contributed by atoms with Crippen LogP contribution >= 0.6 is 0 Å². The molecular formula is C17H18N4O4. The first kappa shape index (κ1) is 16.7. The second kappa shape index (κ2) is 6.76. The van der Waals surface area contributed by atoms with E-state index in [1.54, 1.807) is 35.1 Å². The maximum absolute atomic E-state index is 12.2. The highest BCUT2D eigenvalue weighted by molar-refractivity contribution is 5.99. The van der Waals surface area contributed by atoms with Gasteiger partial charge in [-0.05, 0) is 44.2 Å². The standard InChI is InChI=1S/C17H18N4O4/c1-11-7-8-19-21(11)14-5-3-13(4-6-14)16(23)25-12(2)15(22)20-10-9-18-17(20)24/h3-8,12H,9-10H2,1-2H3,(H,18,24). The average Bonchev–Trinajstić information content (AvgIpc) is 3.22. The highest BCUT2D eigenvalue weighted by Crippen LogP contribution is 2.13. The fourth-order valence-electron chi connectivity index (χ4n) is 2.56. The van der Waals surface area contributed by atoms with Gasteiger partial charge in [0.15, 0.2) is 6.10 Å². The van der Waals surface area contributed by atoms with Gasteiger partial charge in [0.1, 0.15) is 0 Å². The SMILES string of the molecule is Cc1ccnn1-c1ccc(C(=O)OC(C)C(=O)N2CCNC2=O)cc1. The van der Waals surface area contributed by atoms with Crippen molar-refractivity contribution in [3.05, 3.63) is 47.8 Å². The zero-order valence-corrected chi connectivity index (χ0v) is 13.9. The molecule has 1 fully saturated rings. The second-order valence-corrected chi connectivity index (χ2v) is 5.70. The van der Waals surface area contributed by atoms with Gasteiger partial charge in [-0.2, -0.15) is 5.10 Å². The van der Waals surface area contributed by atoms with E-state index in [9.17, 15) is 14.4 Å². The Kier molecular flexibility index (Phi) is 4.51. The molecule has 2 heterocycles. The van der Waals surface area contributed by atoms with Crippen molar-refractivity contribution >= 4 is 17.9 Å². The van der Waals surface area contributed by atoms with Gasteiger partial charge in [-0.25, -0.2) is 14.3 Å². The third-order valence-electron chi connectivity index (χ3n) is 3.93. The summed E-state index contributed by atoms with van der Waals surface area (Å²) in [5.74, 6) is -1.16. The molecule has 3 rings (SSSR count). The molecule has 1 atom stereocenters. The molecule has 0 radical (unpaired) electrons. The Morgan fingerprint density at radius 3 is 2.52 bits per heavy atom. The lowest BCUT2D eigenvalue weighted by Gasteiger charge is -2.18. The summed E-state index contributed by atoms with van der Waals surface area (Å²) in [6.45, 7) is 4.06. The maximum atomic E-state index is 12.2. The minimum atomic E-state index is -1.04. The Hall–Kier alpha value is -3.16. The summed E-state index contributed by atoms with van der Waals surface area (Å²) in [6.07, 6.45) is 0.656. The summed E-state index contributed by atoms with van der Waals surface area (Å²) >= 11 is 0. The number of amides is 3. The van der Waals surface area contributed by atoms with Gasteiger partial charge in [-0.1, -0.05) is 0 Å². The summed E-state index contributed by atoms with van der Waals surface area (Å²) in [7, 11) is 0. The number of esters is 1. The van der Waals surface area contributed by atoms with Gasteiger partial charge in [0.25, 0.3) is 5.91 Å². The van der Waals surface area contributed by atoms with Crippen molar-refractivity contribution < 1.29 is 19.1 Å². The molecule has 1 saturated heterocycles. The van der Waals surface area contributed by atoms with Crippen LogP contribution in [0.5, 0.6) is 0 Å². The Bertz CT molecular complexity index is 812. The number of aromatic nitrogens is 2. The van der Waals surface area contributed by atoms with Crippen LogP contribution in [0, 0.1) is 6.92 Å². The summed E-state index contributed by atoms with van der Waals surface area (Å²) in [5, 5.41) is 6.73. The predicted molar refractivity (Wildman–Crippen MR) is 88.3 cm³/mol. The van der Waals surface area contributed by atoms with Gasteiger partial charge in [-0.3, -0.25) is 9.69 Å². The summed E-state index contributed by atoms with van der Waals surface area (Å²) in [6, 6.07) is 8.13. The number of rotatable bonds is 4. The van der Waals surface area contributed by atoms with E-state index in [0.717, 1.165) is 16.3 Å².